The quantitative estimate of drug-likeness (QED) is 0.268. The zero-order chi connectivity index (χ0) is 24.8. The minimum Gasteiger partial charge on any atom is -0.493 e. The van der Waals surface area contributed by atoms with Crippen LogP contribution in [0.4, 0.5) is 0 Å². The van der Waals surface area contributed by atoms with Crippen molar-refractivity contribution >= 4 is 17.8 Å². The van der Waals surface area contributed by atoms with Crippen molar-refractivity contribution in [2.45, 2.75) is 6.92 Å². The van der Waals surface area contributed by atoms with E-state index in [1.165, 1.54) is 25.3 Å². The van der Waals surface area contributed by atoms with Gasteiger partial charge in [-0.1, -0.05) is 48.0 Å². The maximum absolute atomic E-state index is 12.9. The monoisotopic (exact) mass is 468 g/mol. The van der Waals surface area contributed by atoms with E-state index in [9.17, 15) is 9.59 Å². The highest BCUT2D eigenvalue weighted by Gasteiger charge is 2.13. The molecule has 0 aliphatic rings. The molecule has 0 bridgehead atoms. The molecule has 0 saturated heterocycles. The smallest absolute Gasteiger partial charge is 0.341 e. The first-order chi connectivity index (χ1) is 16.9. The van der Waals surface area contributed by atoms with E-state index in [0.717, 1.165) is 28.1 Å². The van der Waals surface area contributed by atoms with Gasteiger partial charge in [-0.15, -0.1) is 0 Å². The summed E-state index contributed by atoms with van der Waals surface area (Å²) in [5.74, 6) is -0.810. The molecule has 176 valence electrons. The minimum atomic E-state index is -1.10. The minimum absolute atomic E-state index is 0.240. The van der Waals surface area contributed by atoms with Crippen molar-refractivity contribution in [1.29, 1.82) is 0 Å². The lowest BCUT2D eigenvalue weighted by atomic mass is 10.0. The third-order valence-corrected chi connectivity index (χ3v) is 5.30. The van der Waals surface area contributed by atoms with E-state index in [4.69, 9.17) is 19.7 Å². The first-order valence-corrected chi connectivity index (χ1v) is 10.9. The molecule has 4 aromatic rings. The number of allylic oxidation sites excluding steroid dienone is 1. The Morgan fingerprint density at radius 3 is 2.43 bits per heavy atom. The molecule has 7 heteroatoms. The molecule has 35 heavy (non-hydrogen) atoms. The zero-order valence-corrected chi connectivity index (χ0v) is 19.3. The van der Waals surface area contributed by atoms with E-state index in [2.05, 4.69) is 0 Å². The average molecular weight is 469 g/mol. The van der Waals surface area contributed by atoms with Crippen LogP contribution in [-0.2, 0) is 4.79 Å². The van der Waals surface area contributed by atoms with Gasteiger partial charge in [0.15, 0.2) is 23.9 Å². The van der Waals surface area contributed by atoms with Gasteiger partial charge in [-0.25, -0.2) is 9.48 Å². The van der Waals surface area contributed by atoms with Gasteiger partial charge >= 0.3 is 5.97 Å². The molecule has 0 unspecified atom stereocenters. The summed E-state index contributed by atoms with van der Waals surface area (Å²) < 4.78 is 12.3. The highest BCUT2D eigenvalue weighted by molar-refractivity contribution is 6.07. The van der Waals surface area contributed by atoms with Crippen LogP contribution in [0.1, 0.15) is 21.5 Å². The number of carboxylic acid groups (broad SMARTS) is 1. The molecular weight excluding hydrogens is 444 g/mol. The van der Waals surface area contributed by atoms with E-state index >= 15 is 0 Å². The fourth-order valence-corrected chi connectivity index (χ4v) is 3.50. The summed E-state index contributed by atoms with van der Waals surface area (Å²) in [4.78, 5) is 23.7. The molecule has 0 radical (unpaired) electrons. The van der Waals surface area contributed by atoms with Crippen LogP contribution in [0, 0.1) is 6.92 Å². The summed E-state index contributed by atoms with van der Waals surface area (Å²) in [6.07, 6.45) is 5.11. The van der Waals surface area contributed by atoms with Crippen LogP contribution in [0.25, 0.3) is 23.0 Å². The lowest BCUT2D eigenvalue weighted by Crippen LogP contribution is -2.10. The highest BCUT2D eigenvalue weighted by Crippen LogP contribution is 2.29. The summed E-state index contributed by atoms with van der Waals surface area (Å²) in [6, 6.07) is 22.4. The second kappa shape index (κ2) is 10.5. The van der Waals surface area contributed by atoms with E-state index in [1.807, 2.05) is 67.7 Å². The first-order valence-electron chi connectivity index (χ1n) is 10.9. The molecule has 1 heterocycles. The molecule has 0 saturated carbocycles. The summed E-state index contributed by atoms with van der Waals surface area (Å²) in [5.41, 5.74) is 4.93. The highest BCUT2D eigenvalue weighted by atomic mass is 16.5. The number of aromatic nitrogens is 2. The van der Waals surface area contributed by atoms with Crippen LogP contribution in [-0.4, -0.2) is 40.4 Å². The number of para-hydroxylation sites is 1. The molecule has 0 aliphatic carbocycles. The van der Waals surface area contributed by atoms with Crippen molar-refractivity contribution in [3.63, 3.8) is 0 Å². The Bertz CT molecular complexity index is 1370. The molecule has 4 rings (SSSR count). The third kappa shape index (κ3) is 5.65. The number of carbonyl (C=O) groups excluding carboxylic acids is 1. The number of ketones is 1. The van der Waals surface area contributed by atoms with Crippen molar-refractivity contribution in [2.75, 3.05) is 13.7 Å². The van der Waals surface area contributed by atoms with Crippen LogP contribution in [0.3, 0.4) is 0 Å². The number of carbonyl (C=O) groups is 2. The van der Waals surface area contributed by atoms with Crippen molar-refractivity contribution in [2.24, 2.45) is 0 Å². The molecule has 0 spiro atoms. The number of ether oxygens (including phenoxy) is 2. The molecule has 0 fully saturated rings. The molecule has 0 aliphatic heterocycles. The summed E-state index contributed by atoms with van der Waals surface area (Å²) in [7, 11) is 1.43. The van der Waals surface area contributed by atoms with Gasteiger partial charge in [0, 0.05) is 22.9 Å². The first kappa shape index (κ1) is 23.5. The van der Waals surface area contributed by atoms with Crippen molar-refractivity contribution < 1.29 is 24.2 Å². The van der Waals surface area contributed by atoms with Crippen molar-refractivity contribution in [3.05, 3.63) is 102 Å². The van der Waals surface area contributed by atoms with Gasteiger partial charge in [-0.3, -0.25) is 4.79 Å². The third-order valence-electron chi connectivity index (χ3n) is 5.30. The maximum atomic E-state index is 12.9. The van der Waals surface area contributed by atoms with Gasteiger partial charge in [0.05, 0.1) is 18.5 Å². The van der Waals surface area contributed by atoms with Gasteiger partial charge in [0.2, 0.25) is 0 Å². The summed E-state index contributed by atoms with van der Waals surface area (Å²) in [5, 5.41) is 13.6. The van der Waals surface area contributed by atoms with Gasteiger partial charge < -0.3 is 14.6 Å². The number of nitrogens with zero attached hydrogens (tertiary/aromatic N) is 2. The van der Waals surface area contributed by atoms with Crippen LogP contribution in [0.2, 0.25) is 0 Å². The predicted molar refractivity (Wildman–Crippen MR) is 133 cm³/mol. The summed E-state index contributed by atoms with van der Waals surface area (Å²) in [6.45, 7) is 1.52. The number of benzene rings is 3. The number of methoxy groups -OCH3 is 1. The number of rotatable bonds is 9. The lowest BCUT2D eigenvalue weighted by molar-refractivity contribution is -0.139. The Labute approximate surface area is 202 Å². The average Bonchev–Trinajstić information content (AvgIpc) is 3.31. The number of carboxylic acids is 1. The molecule has 0 amide bonds. The standard InChI is InChI=1S/C28H24N2O5/c1-19-8-10-20(11-9-19)28-22(17-30(29-28)23-6-4-3-5-7-23)12-14-24(31)21-13-15-25(26(16-21)34-2)35-18-27(32)33/h3-17H,18H2,1-2H3,(H,32,33)/b14-12+. The Morgan fingerprint density at radius 2 is 1.74 bits per heavy atom. The van der Waals surface area contributed by atoms with E-state index in [1.54, 1.807) is 16.8 Å². The SMILES string of the molecule is COc1cc(C(=O)/C=C/c2cn(-c3ccccc3)nc2-c2ccc(C)cc2)ccc1OCC(=O)O. The van der Waals surface area contributed by atoms with E-state index in [0.29, 0.717) is 5.56 Å². The van der Waals surface area contributed by atoms with Crippen molar-refractivity contribution in [3.8, 4) is 28.4 Å². The largest absolute Gasteiger partial charge is 0.493 e. The van der Waals surface area contributed by atoms with Gasteiger partial charge in [0.25, 0.3) is 0 Å². The van der Waals surface area contributed by atoms with Crippen LogP contribution >= 0.6 is 0 Å². The second-order valence-electron chi connectivity index (χ2n) is 7.82. The Hall–Kier alpha value is -4.65. The predicted octanol–water partition coefficient (Wildman–Crippen LogP) is 5.22. The number of hydrogen-bond donors (Lipinski definition) is 1. The van der Waals surface area contributed by atoms with E-state index < -0.39 is 12.6 Å². The fourth-order valence-electron chi connectivity index (χ4n) is 3.50. The van der Waals surface area contributed by atoms with Gasteiger partial charge in [-0.2, -0.15) is 5.10 Å². The molecule has 1 N–H and O–H groups in total. The number of hydrogen-bond acceptors (Lipinski definition) is 5. The summed E-state index contributed by atoms with van der Waals surface area (Å²) >= 11 is 0. The molecule has 7 nitrogen and oxygen atoms in total. The van der Waals surface area contributed by atoms with Crippen LogP contribution in [0.5, 0.6) is 11.5 Å². The number of aryl methyl sites for hydroxylation is 1. The Morgan fingerprint density at radius 1 is 1.00 bits per heavy atom. The van der Waals surface area contributed by atoms with Gasteiger partial charge in [0.1, 0.15) is 0 Å². The molecule has 0 atom stereocenters. The maximum Gasteiger partial charge on any atom is 0.341 e. The molecule has 3 aromatic carbocycles. The van der Waals surface area contributed by atoms with E-state index in [-0.39, 0.29) is 17.3 Å². The molecule has 1 aromatic heterocycles. The Balaban J connectivity index is 1.64. The van der Waals surface area contributed by atoms with Crippen LogP contribution in [0.15, 0.2) is 85.1 Å². The number of aliphatic carboxylic acids is 1. The Kier molecular flexibility index (Phi) is 7.07. The van der Waals surface area contributed by atoms with Crippen LogP contribution < -0.4 is 9.47 Å². The normalized spacial score (nSPS) is 10.9. The molecular formula is C28H24N2O5. The van der Waals surface area contributed by atoms with Crippen molar-refractivity contribution in [1.82, 2.24) is 9.78 Å². The second-order valence-corrected chi connectivity index (χ2v) is 7.82. The topological polar surface area (TPSA) is 90.7 Å². The zero-order valence-electron chi connectivity index (χ0n) is 19.3. The van der Waals surface area contributed by atoms with Gasteiger partial charge in [-0.05, 0) is 49.4 Å². The fraction of sp³-hybridized carbons (Fsp3) is 0.107. The lowest BCUT2D eigenvalue weighted by Gasteiger charge is -2.09.